The first-order valence-electron chi connectivity index (χ1n) is 11.5. The monoisotopic (exact) mass is 556 g/mol. The summed E-state index contributed by atoms with van der Waals surface area (Å²) < 4.78 is 46.8. The normalized spacial score (nSPS) is 23.6. The van der Waals surface area contributed by atoms with E-state index in [0.29, 0.717) is 0 Å². The van der Waals surface area contributed by atoms with Crippen molar-refractivity contribution >= 4 is 31.1 Å². The van der Waals surface area contributed by atoms with Gasteiger partial charge in [-0.3, -0.25) is 18.9 Å². The fourth-order valence-electron chi connectivity index (χ4n) is 3.53. The molecule has 3 rings (SSSR count). The lowest BCUT2D eigenvalue weighted by Gasteiger charge is -2.35. The first-order valence-corrected chi connectivity index (χ1v) is 12.9. The van der Waals surface area contributed by atoms with E-state index < -0.39 is 61.9 Å². The van der Waals surface area contributed by atoms with Crippen LogP contribution in [0.3, 0.4) is 0 Å². The topological polar surface area (TPSA) is 202 Å². The van der Waals surface area contributed by atoms with E-state index in [9.17, 15) is 19.0 Å². The van der Waals surface area contributed by atoms with E-state index in [-0.39, 0.29) is 23.7 Å². The third-order valence-electron chi connectivity index (χ3n) is 4.83. The number of phosphoric ester groups is 1. The van der Waals surface area contributed by atoms with Gasteiger partial charge in [-0.1, -0.05) is 5.92 Å². The van der Waals surface area contributed by atoms with Crippen molar-refractivity contribution in [1.82, 2.24) is 19.5 Å². The van der Waals surface area contributed by atoms with Gasteiger partial charge >= 0.3 is 6.16 Å². The number of nitrogens with two attached hydrogens (primary N) is 1. The molecule has 5 atom stereocenters. The van der Waals surface area contributed by atoms with Crippen LogP contribution in [0.5, 0.6) is 0 Å². The number of nitrogen functional groups attached to an aromatic ring is 1. The average molecular weight is 556 g/mol. The number of hydrogen-bond acceptors (Lipinski definition) is 13. The average Bonchev–Trinajstić information content (AvgIpc) is 3.30. The van der Waals surface area contributed by atoms with Gasteiger partial charge < -0.3 is 38.6 Å². The number of phosphoric acid groups is 1. The van der Waals surface area contributed by atoms with E-state index in [1.54, 1.807) is 20.8 Å². The number of terminal acetylenes is 1. The molecule has 1 aliphatic rings. The Morgan fingerprint density at radius 2 is 1.97 bits per heavy atom. The minimum Gasteiger partial charge on any atom is -0.756 e. The molecule has 15 nitrogen and oxygen atoms in total. The third-order valence-corrected chi connectivity index (χ3v) is 6.11. The summed E-state index contributed by atoms with van der Waals surface area (Å²) >= 11 is 0. The van der Waals surface area contributed by atoms with Crippen LogP contribution in [0.15, 0.2) is 11.1 Å². The largest absolute Gasteiger partial charge is 0.756 e. The Morgan fingerprint density at radius 1 is 1.29 bits per heavy atom. The zero-order valence-corrected chi connectivity index (χ0v) is 22.7. The smallest absolute Gasteiger partial charge is 0.509 e. The van der Waals surface area contributed by atoms with Crippen LogP contribution < -0.4 is 16.2 Å². The summed E-state index contributed by atoms with van der Waals surface area (Å²) in [5.41, 5.74) is 3.19. The zero-order chi connectivity index (χ0) is 28.5. The number of aromatic amines is 1. The summed E-state index contributed by atoms with van der Waals surface area (Å²) in [6, 6.07) is 0. The lowest BCUT2D eigenvalue weighted by Crippen LogP contribution is -2.41. The van der Waals surface area contributed by atoms with Gasteiger partial charge in [0.2, 0.25) is 5.95 Å². The Hall–Kier alpha value is -2.99. The van der Waals surface area contributed by atoms with E-state index in [1.807, 2.05) is 0 Å². The van der Waals surface area contributed by atoms with Crippen molar-refractivity contribution in [2.45, 2.75) is 77.3 Å². The van der Waals surface area contributed by atoms with E-state index in [4.69, 9.17) is 40.2 Å². The van der Waals surface area contributed by atoms with Gasteiger partial charge in [-0.15, -0.1) is 6.42 Å². The summed E-state index contributed by atoms with van der Waals surface area (Å²) in [4.78, 5) is 48.0. The predicted molar refractivity (Wildman–Crippen MR) is 131 cm³/mol. The van der Waals surface area contributed by atoms with Crippen molar-refractivity contribution in [1.29, 1.82) is 0 Å². The highest BCUT2D eigenvalue weighted by Crippen LogP contribution is 2.49. The number of fused-ring (bicyclic) bond motifs is 1. The van der Waals surface area contributed by atoms with Crippen LogP contribution in [-0.2, 0) is 32.6 Å². The number of H-pyrrole nitrogens is 1. The number of hydrogen-bond donors (Lipinski definition) is 2. The van der Waals surface area contributed by atoms with Crippen molar-refractivity contribution in [3.63, 3.8) is 0 Å². The number of nitrogens with one attached hydrogen (secondary N) is 1. The minimum atomic E-state index is -5.00. The fourth-order valence-corrected chi connectivity index (χ4v) is 4.80. The molecule has 3 heterocycles. The Balaban J connectivity index is 2.08. The van der Waals surface area contributed by atoms with Crippen LogP contribution in [0, 0.1) is 12.3 Å². The lowest BCUT2D eigenvalue weighted by molar-refractivity contribution is -0.242. The molecule has 16 heteroatoms. The number of nitrogens with zero attached hydrogens (tertiary/aromatic N) is 3. The van der Waals surface area contributed by atoms with Gasteiger partial charge in [0.25, 0.3) is 13.4 Å². The SMILES string of the molecule is C#CCOC(=O)O[C@H]1C(OP(=O)([O-])OC(C)(C)C)[C@@H](COC(C)(C)C)O[C@H]1n1cnc2c(=O)[nH]c(N)nc21. The molecule has 2 unspecified atom stereocenters. The minimum absolute atomic E-state index is 0.0192. The molecule has 38 heavy (non-hydrogen) atoms. The second kappa shape index (κ2) is 11.0. The van der Waals surface area contributed by atoms with Crippen LogP contribution in [0.1, 0.15) is 47.8 Å². The molecule has 0 saturated carbocycles. The van der Waals surface area contributed by atoms with Crippen molar-refractivity contribution in [2.24, 2.45) is 0 Å². The summed E-state index contributed by atoms with van der Waals surface area (Å²) in [6.45, 7) is 9.32. The molecule has 0 spiro atoms. The molecule has 3 N–H and O–H groups in total. The number of anilines is 1. The summed E-state index contributed by atoms with van der Waals surface area (Å²) in [7, 11) is -5.00. The number of carbonyl (C=O) groups is 1. The maximum atomic E-state index is 12.8. The summed E-state index contributed by atoms with van der Waals surface area (Å²) in [5, 5.41) is 0. The van der Waals surface area contributed by atoms with E-state index in [2.05, 4.69) is 20.9 Å². The molecular weight excluding hydrogens is 525 g/mol. The predicted octanol–water partition coefficient (Wildman–Crippen LogP) is 1.24. The number of rotatable bonds is 8. The third kappa shape index (κ3) is 7.53. The number of carbonyl (C=O) groups excluding carboxylic acids is 1. The van der Waals surface area contributed by atoms with Gasteiger partial charge in [-0.2, -0.15) is 4.98 Å². The maximum Gasteiger partial charge on any atom is 0.509 e. The second-order valence-corrected chi connectivity index (χ2v) is 11.6. The van der Waals surface area contributed by atoms with Crippen LogP contribution in [0.25, 0.3) is 11.2 Å². The highest BCUT2D eigenvalue weighted by atomic mass is 31.2. The molecule has 210 valence electrons. The van der Waals surface area contributed by atoms with Gasteiger partial charge in [0, 0.05) is 0 Å². The van der Waals surface area contributed by atoms with Gasteiger partial charge in [0.1, 0.15) is 12.2 Å². The van der Waals surface area contributed by atoms with Crippen molar-refractivity contribution in [3.8, 4) is 12.3 Å². The molecule has 1 saturated heterocycles. The summed E-state index contributed by atoms with van der Waals surface area (Å²) in [6.07, 6.45) is -0.272. The Bertz CT molecular complexity index is 1300. The first-order chi connectivity index (χ1) is 17.5. The molecule has 2 aromatic heterocycles. The van der Waals surface area contributed by atoms with Crippen LogP contribution in [0.2, 0.25) is 0 Å². The fraction of sp³-hybridized carbons (Fsp3) is 0.636. The van der Waals surface area contributed by atoms with Crippen molar-refractivity contribution in [2.75, 3.05) is 18.9 Å². The van der Waals surface area contributed by atoms with Crippen molar-refractivity contribution in [3.05, 3.63) is 16.7 Å². The van der Waals surface area contributed by atoms with Crippen LogP contribution in [0.4, 0.5) is 10.7 Å². The number of ether oxygens (including phenoxy) is 4. The number of aromatic nitrogens is 4. The van der Waals surface area contributed by atoms with Gasteiger partial charge in [0.15, 0.2) is 30.1 Å². The first kappa shape index (κ1) is 29.6. The molecule has 0 aromatic carbocycles. The molecule has 0 aliphatic carbocycles. The van der Waals surface area contributed by atoms with Crippen LogP contribution in [-0.4, -0.2) is 68.4 Å². The quantitative estimate of drug-likeness (QED) is 0.267. The summed E-state index contributed by atoms with van der Waals surface area (Å²) in [5.74, 6) is 1.91. The molecule has 0 radical (unpaired) electrons. The zero-order valence-electron chi connectivity index (χ0n) is 21.8. The van der Waals surface area contributed by atoms with E-state index in [0.717, 1.165) is 0 Å². The van der Waals surface area contributed by atoms with Gasteiger partial charge in [0.05, 0.1) is 24.1 Å². The molecule has 1 fully saturated rings. The Kier molecular flexibility index (Phi) is 8.57. The Labute approximate surface area is 218 Å². The molecule has 1 aliphatic heterocycles. The number of imidazole rings is 1. The molecule has 2 aromatic rings. The maximum absolute atomic E-state index is 12.8. The van der Waals surface area contributed by atoms with Gasteiger partial charge in [-0.25, -0.2) is 9.78 Å². The highest BCUT2D eigenvalue weighted by Gasteiger charge is 2.52. The molecule has 0 bridgehead atoms. The van der Waals surface area contributed by atoms with Gasteiger partial charge in [-0.05, 0) is 41.5 Å². The lowest BCUT2D eigenvalue weighted by atomic mass is 10.1. The van der Waals surface area contributed by atoms with Crippen LogP contribution >= 0.6 is 7.82 Å². The van der Waals surface area contributed by atoms with E-state index >= 15 is 0 Å². The Morgan fingerprint density at radius 3 is 2.58 bits per heavy atom. The second-order valence-electron chi connectivity index (χ2n) is 10.3. The molecule has 0 amide bonds. The standard InChI is InChI=1S/C22H32N5O10P/c1-8-9-32-20(29)35-15-14(36-38(30,31)37-22(5,6)7)12(10-33-21(2,3)4)34-18(15)27-11-24-13-16(27)25-19(23)26-17(13)28/h1,11-12,14-15,18H,9-10H2,2-7H3,(H,30,31)(H3,23,25,26,28)/p-1/t12-,14?,15+,18-/m1/s1. The van der Waals surface area contributed by atoms with Crippen molar-refractivity contribution < 1.29 is 42.2 Å². The molecular formula is C22H31N5O10P-. The highest BCUT2D eigenvalue weighted by molar-refractivity contribution is 7.45. The van der Waals surface area contributed by atoms with E-state index in [1.165, 1.54) is 31.7 Å².